The van der Waals surface area contributed by atoms with Crippen LogP contribution in [0.3, 0.4) is 0 Å². The molecular weight excluding hydrogens is 292 g/mol. The first kappa shape index (κ1) is 15.3. The summed E-state index contributed by atoms with van der Waals surface area (Å²) in [7, 11) is -4.02. The van der Waals surface area contributed by atoms with Crippen LogP contribution in [0.1, 0.15) is 13.3 Å². The van der Waals surface area contributed by atoms with Crippen LogP contribution < -0.4 is 4.72 Å². The molecular formula is C12H15F2NO4S. The topological polar surface area (TPSA) is 75.6 Å². The molecule has 0 saturated carbocycles. The number of halogens is 2. The van der Waals surface area contributed by atoms with Crippen LogP contribution in [0, 0.1) is 11.6 Å². The van der Waals surface area contributed by atoms with E-state index in [-0.39, 0.29) is 6.54 Å². The minimum atomic E-state index is -4.02. The van der Waals surface area contributed by atoms with Gasteiger partial charge in [-0.25, -0.2) is 21.9 Å². The van der Waals surface area contributed by atoms with Gasteiger partial charge in [0.1, 0.15) is 5.60 Å². The highest BCUT2D eigenvalue weighted by atomic mass is 32.2. The van der Waals surface area contributed by atoms with E-state index in [0.717, 1.165) is 12.1 Å². The number of nitrogens with one attached hydrogen (secondary N) is 1. The van der Waals surface area contributed by atoms with E-state index in [9.17, 15) is 22.3 Å². The van der Waals surface area contributed by atoms with Crippen LogP contribution in [0.5, 0.6) is 0 Å². The third-order valence-corrected chi connectivity index (χ3v) is 4.83. The molecule has 1 aliphatic rings. The highest BCUT2D eigenvalue weighted by Gasteiger charge is 2.40. The molecule has 2 atom stereocenters. The molecule has 1 aromatic carbocycles. The summed E-state index contributed by atoms with van der Waals surface area (Å²) in [4.78, 5) is -0.397. The van der Waals surface area contributed by atoms with Crippen LogP contribution in [0.15, 0.2) is 23.1 Å². The monoisotopic (exact) mass is 307 g/mol. The molecule has 1 aromatic rings. The Morgan fingerprint density at radius 1 is 1.45 bits per heavy atom. The second-order valence-corrected chi connectivity index (χ2v) is 6.53. The molecule has 1 fully saturated rings. The van der Waals surface area contributed by atoms with Crippen LogP contribution in [0.2, 0.25) is 0 Å². The fourth-order valence-corrected chi connectivity index (χ4v) is 3.06. The van der Waals surface area contributed by atoms with E-state index in [4.69, 9.17) is 4.74 Å². The van der Waals surface area contributed by atoms with Crippen molar-refractivity contribution in [3.63, 3.8) is 0 Å². The van der Waals surface area contributed by atoms with Crippen LogP contribution in [0.4, 0.5) is 8.78 Å². The number of hydrogen-bond acceptors (Lipinski definition) is 4. The van der Waals surface area contributed by atoms with E-state index in [0.29, 0.717) is 19.1 Å². The molecule has 1 heterocycles. The number of ether oxygens (including phenoxy) is 1. The molecule has 0 aliphatic carbocycles. The van der Waals surface area contributed by atoms with Gasteiger partial charge in [-0.15, -0.1) is 0 Å². The van der Waals surface area contributed by atoms with Crippen molar-refractivity contribution >= 4 is 10.0 Å². The first-order valence-electron chi connectivity index (χ1n) is 6.03. The van der Waals surface area contributed by atoms with E-state index in [1.54, 1.807) is 6.92 Å². The summed E-state index contributed by atoms with van der Waals surface area (Å²) in [5.74, 6) is -2.37. The maximum atomic E-state index is 13.1. The summed E-state index contributed by atoms with van der Waals surface area (Å²) in [6.07, 6.45) is -0.204. The third kappa shape index (κ3) is 2.98. The van der Waals surface area contributed by atoms with Crippen molar-refractivity contribution in [3.8, 4) is 0 Å². The van der Waals surface area contributed by atoms with E-state index in [2.05, 4.69) is 4.72 Å². The molecule has 8 heteroatoms. The Morgan fingerprint density at radius 3 is 2.70 bits per heavy atom. The zero-order chi connectivity index (χ0) is 15.0. The molecule has 5 nitrogen and oxygen atoms in total. The molecule has 2 unspecified atom stereocenters. The lowest BCUT2D eigenvalue weighted by Crippen LogP contribution is -2.47. The molecule has 20 heavy (non-hydrogen) atoms. The minimum absolute atomic E-state index is 0.254. The van der Waals surface area contributed by atoms with E-state index < -0.39 is 38.3 Å². The number of rotatable bonds is 4. The zero-order valence-electron chi connectivity index (χ0n) is 10.8. The first-order valence-corrected chi connectivity index (χ1v) is 7.52. The van der Waals surface area contributed by atoms with Crippen LogP contribution >= 0.6 is 0 Å². The number of benzene rings is 1. The highest BCUT2D eigenvalue weighted by Crippen LogP contribution is 2.25. The highest BCUT2D eigenvalue weighted by molar-refractivity contribution is 7.89. The quantitative estimate of drug-likeness (QED) is 0.862. The summed E-state index contributed by atoms with van der Waals surface area (Å²) in [5, 5.41) is 10.2. The Kier molecular flexibility index (Phi) is 4.10. The van der Waals surface area contributed by atoms with Gasteiger partial charge >= 0.3 is 0 Å². The molecule has 0 radical (unpaired) electrons. The number of aliphatic hydroxyl groups is 1. The number of hydrogen-bond donors (Lipinski definition) is 2. The third-order valence-electron chi connectivity index (χ3n) is 3.43. The second-order valence-electron chi connectivity index (χ2n) is 4.77. The molecule has 2 rings (SSSR count). The van der Waals surface area contributed by atoms with E-state index in [1.807, 2.05) is 0 Å². The normalized spacial score (nSPS) is 26.9. The maximum absolute atomic E-state index is 13.1. The minimum Gasteiger partial charge on any atom is -0.386 e. The zero-order valence-corrected chi connectivity index (χ0v) is 11.6. The molecule has 1 saturated heterocycles. The van der Waals surface area contributed by atoms with Crippen molar-refractivity contribution in [2.45, 2.75) is 29.9 Å². The molecule has 2 N–H and O–H groups in total. The fraction of sp³-hybridized carbons (Fsp3) is 0.500. The van der Waals surface area contributed by atoms with Gasteiger partial charge < -0.3 is 9.84 Å². The first-order chi connectivity index (χ1) is 9.24. The van der Waals surface area contributed by atoms with Crippen molar-refractivity contribution in [2.24, 2.45) is 0 Å². The summed E-state index contributed by atoms with van der Waals surface area (Å²) < 4.78 is 57.1. The smallest absolute Gasteiger partial charge is 0.240 e. The Morgan fingerprint density at radius 2 is 2.15 bits per heavy atom. The largest absolute Gasteiger partial charge is 0.386 e. The molecule has 0 amide bonds. The number of sulfonamides is 1. The summed E-state index contributed by atoms with van der Waals surface area (Å²) >= 11 is 0. The van der Waals surface area contributed by atoms with Gasteiger partial charge in [0, 0.05) is 19.6 Å². The van der Waals surface area contributed by atoms with E-state index >= 15 is 0 Å². The fourth-order valence-electron chi connectivity index (χ4n) is 1.95. The van der Waals surface area contributed by atoms with Gasteiger partial charge in [0.25, 0.3) is 0 Å². The van der Waals surface area contributed by atoms with Gasteiger partial charge in [0.15, 0.2) is 11.6 Å². The average Bonchev–Trinajstić information content (AvgIpc) is 2.71. The van der Waals surface area contributed by atoms with Crippen LogP contribution in [-0.4, -0.2) is 38.4 Å². The van der Waals surface area contributed by atoms with Gasteiger partial charge in [-0.3, -0.25) is 0 Å². The standard InChI is InChI=1S/C12H15F2NO4S/c1-8-12(16,4-5-19-8)7-15-20(17,18)9-2-3-10(13)11(14)6-9/h2-3,6,8,15-16H,4-5,7H2,1H3. The predicted molar refractivity (Wildman–Crippen MR) is 66.5 cm³/mol. The van der Waals surface area contributed by atoms with Crippen molar-refractivity contribution in [1.82, 2.24) is 4.72 Å². The van der Waals surface area contributed by atoms with Crippen molar-refractivity contribution < 1.29 is 27.0 Å². The molecule has 0 aromatic heterocycles. The Bertz CT molecular complexity index is 607. The van der Waals surface area contributed by atoms with Crippen molar-refractivity contribution in [2.75, 3.05) is 13.2 Å². The van der Waals surface area contributed by atoms with Gasteiger partial charge in [-0.2, -0.15) is 0 Å². The van der Waals surface area contributed by atoms with Gasteiger partial charge in [-0.05, 0) is 25.1 Å². The predicted octanol–water partition coefficient (Wildman–Crippen LogP) is 0.783. The molecule has 112 valence electrons. The Balaban J connectivity index is 2.13. The van der Waals surface area contributed by atoms with E-state index in [1.165, 1.54) is 0 Å². The molecule has 0 bridgehead atoms. The Hall–Kier alpha value is -1.09. The summed E-state index contributed by atoms with van der Waals surface area (Å²) in [5.41, 5.74) is -1.30. The van der Waals surface area contributed by atoms with Crippen molar-refractivity contribution in [3.05, 3.63) is 29.8 Å². The van der Waals surface area contributed by atoms with Crippen molar-refractivity contribution in [1.29, 1.82) is 0 Å². The summed E-state index contributed by atoms with van der Waals surface area (Å²) in [6.45, 7) is 1.72. The maximum Gasteiger partial charge on any atom is 0.240 e. The second kappa shape index (κ2) is 5.36. The lowest BCUT2D eigenvalue weighted by Gasteiger charge is -2.26. The van der Waals surface area contributed by atoms with Gasteiger partial charge in [0.05, 0.1) is 11.0 Å². The van der Waals surface area contributed by atoms with Gasteiger partial charge in [-0.1, -0.05) is 0 Å². The molecule has 1 aliphatic heterocycles. The average molecular weight is 307 g/mol. The molecule has 0 spiro atoms. The van der Waals surface area contributed by atoms with Gasteiger partial charge in [0.2, 0.25) is 10.0 Å². The lowest BCUT2D eigenvalue weighted by atomic mass is 9.97. The Labute approximate surface area is 115 Å². The lowest BCUT2D eigenvalue weighted by molar-refractivity contribution is -0.0228. The van der Waals surface area contributed by atoms with Crippen LogP contribution in [0.25, 0.3) is 0 Å². The summed E-state index contributed by atoms with van der Waals surface area (Å²) in [6, 6.07) is 2.29. The van der Waals surface area contributed by atoms with Crippen LogP contribution in [-0.2, 0) is 14.8 Å². The SMILES string of the molecule is CC1OCCC1(O)CNS(=O)(=O)c1ccc(F)c(F)c1.